The number of ether oxygens (including phenoxy) is 1. The van der Waals surface area contributed by atoms with E-state index in [0.717, 1.165) is 16.7 Å². The van der Waals surface area contributed by atoms with Crippen molar-refractivity contribution in [3.8, 4) is 0 Å². The van der Waals surface area contributed by atoms with E-state index in [1.165, 1.54) is 0 Å². The lowest BCUT2D eigenvalue weighted by Crippen LogP contribution is -2.48. The summed E-state index contributed by atoms with van der Waals surface area (Å²) in [6.45, 7) is 4.93. The highest BCUT2D eigenvalue weighted by molar-refractivity contribution is 6.26. The van der Waals surface area contributed by atoms with Crippen molar-refractivity contribution in [1.82, 2.24) is 5.32 Å². The van der Waals surface area contributed by atoms with Gasteiger partial charge in [-0.05, 0) is 25.0 Å². The van der Waals surface area contributed by atoms with Crippen LogP contribution in [0.4, 0.5) is 0 Å². The van der Waals surface area contributed by atoms with Gasteiger partial charge in [0.2, 0.25) is 0 Å². The first-order chi connectivity index (χ1) is 12.9. The van der Waals surface area contributed by atoms with Gasteiger partial charge >= 0.3 is 0 Å². The average molecular weight is 386 g/mol. The molecule has 0 radical (unpaired) electrons. The third-order valence-electron chi connectivity index (χ3n) is 6.02. The molecule has 5 heteroatoms. The molecule has 142 valence electrons. The van der Waals surface area contributed by atoms with Gasteiger partial charge in [-0.2, -0.15) is 0 Å². The number of rotatable bonds is 2. The van der Waals surface area contributed by atoms with Crippen molar-refractivity contribution in [3.05, 3.63) is 65.0 Å². The minimum absolute atomic E-state index is 0.134. The number of alkyl halides is 1. The van der Waals surface area contributed by atoms with Crippen LogP contribution in [-0.2, 0) is 9.53 Å². The van der Waals surface area contributed by atoms with E-state index in [9.17, 15) is 9.90 Å². The van der Waals surface area contributed by atoms with E-state index in [4.69, 9.17) is 16.3 Å². The fraction of sp³-hybridized carbons (Fsp3) is 0.409. The van der Waals surface area contributed by atoms with Gasteiger partial charge < -0.3 is 15.2 Å². The maximum absolute atomic E-state index is 13.0. The van der Waals surface area contributed by atoms with E-state index >= 15 is 0 Å². The van der Waals surface area contributed by atoms with E-state index in [-0.39, 0.29) is 11.7 Å². The number of nitrogens with one attached hydrogen (secondary N) is 1. The highest BCUT2D eigenvalue weighted by Gasteiger charge is 2.52. The highest BCUT2D eigenvalue weighted by Crippen LogP contribution is 2.48. The Morgan fingerprint density at radius 2 is 1.89 bits per heavy atom. The summed E-state index contributed by atoms with van der Waals surface area (Å²) in [5, 5.41) is 14.2. The van der Waals surface area contributed by atoms with Gasteiger partial charge in [0.05, 0.1) is 10.4 Å². The normalized spacial score (nSPS) is 30.2. The molecule has 2 N–H and O–H groups in total. The first kappa shape index (κ1) is 18.3. The second-order valence-electron chi connectivity index (χ2n) is 7.79. The molecule has 0 bridgehead atoms. The maximum Gasteiger partial charge on any atom is 0.252 e. The molecular formula is C22H24ClNO3. The van der Waals surface area contributed by atoms with Crippen LogP contribution in [0.2, 0.25) is 0 Å². The van der Waals surface area contributed by atoms with Crippen LogP contribution in [0, 0.1) is 5.92 Å². The molecule has 4 rings (SSSR count). The summed E-state index contributed by atoms with van der Waals surface area (Å²) in [6.07, 6.45) is 5.09. The van der Waals surface area contributed by atoms with Crippen molar-refractivity contribution in [1.29, 1.82) is 0 Å². The largest absolute Gasteiger partial charge is 0.509 e. The van der Waals surface area contributed by atoms with Gasteiger partial charge in [0.1, 0.15) is 11.3 Å². The molecule has 1 aromatic rings. The first-order valence-electron chi connectivity index (χ1n) is 9.34. The number of amides is 1. The molecule has 2 heterocycles. The van der Waals surface area contributed by atoms with Crippen LogP contribution in [0.25, 0.3) is 5.57 Å². The molecular weight excluding hydrogens is 362 g/mol. The van der Waals surface area contributed by atoms with Gasteiger partial charge in [-0.15, -0.1) is 11.6 Å². The van der Waals surface area contributed by atoms with E-state index in [1.54, 1.807) is 0 Å². The summed E-state index contributed by atoms with van der Waals surface area (Å²) in [4.78, 5) is 12.2. The predicted molar refractivity (Wildman–Crippen MR) is 107 cm³/mol. The molecule has 1 saturated heterocycles. The summed E-state index contributed by atoms with van der Waals surface area (Å²) in [7, 11) is 0. The molecule has 1 aromatic carbocycles. The Balaban J connectivity index is 1.84. The number of benzene rings is 1. The van der Waals surface area contributed by atoms with Crippen LogP contribution in [0.5, 0.6) is 0 Å². The van der Waals surface area contributed by atoms with E-state index in [2.05, 4.69) is 5.32 Å². The fourth-order valence-corrected chi connectivity index (χ4v) is 4.89. The Morgan fingerprint density at radius 3 is 2.56 bits per heavy atom. The Hall–Kier alpha value is -2.04. The van der Waals surface area contributed by atoms with Crippen LogP contribution in [0.15, 0.2) is 59.4 Å². The molecule has 0 aromatic heterocycles. The number of allylic oxidation sites excluding steroid dienone is 4. The number of aliphatic hydroxyl groups excluding tert-OH is 1. The van der Waals surface area contributed by atoms with Crippen molar-refractivity contribution in [2.24, 2.45) is 5.92 Å². The number of halogens is 1. The van der Waals surface area contributed by atoms with Crippen LogP contribution in [-0.4, -0.2) is 34.6 Å². The minimum Gasteiger partial charge on any atom is -0.509 e. The van der Waals surface area contributed by atoms with Crippen LogP contribution >= 0.6 is 11.6 Å². The number of carbonyl (C=O) groups is 1. The van der Waals surface area contributed by atoms with Crippen LogP contribution < -0.4 is 5.32 Å². The molecule has 2 aliphatic heterocycles. The molecule has 1 fully saturated rings. The minimum atomic E-state index is -0.792. The summed E-state index contributed by atoms with van der Waals surface area (Å²) in [5.74, 6) is -0.496. The molecule has 1 spiro atoms. The summed E-state index contributed by atoms with van der Waals surface area (Å²) >= 11 is 6.85. The smallest absolute Gasteiger partial charge is 0.252 e. The number of hydrogen-bond donors (Lipinski definition) is 2. The monoisotopic (exact) mass is 385 g/mol. The summed E-state index contributed by atoms with van der Waals surface area (Å²) in [6, 6.07) is 10.0. The van der Waals surface area contributed by atoms with Crippen molar-refractivity contribution in [3.63, 3.8) is 0 Å². The molecule has 3 aliphatic rings. The summed E-state index contributed by atoms with van der Waals surface area (Å²) in [5.41, 5.74) is 2.78. The Morgan fingerprint density at radius 1 is 1.22 bits per heavy atom. The van der Waals surface area contributed by atoms with Gasteiger partial charge in [0.15, 0.2) is 0 Å². The van der Waals surface area contributed by atoms with E-state index in [1.807, 2.05) is 56.3 Å². The van der Waals surface area contributed by atoms with Crippen molar-refractivity contribution >= 4 is 23.1 Å². The lowest BCUT2D eigenvalue weighted by atomic mass is 9.73. The SMILES string of the molecule is CC1=C(c2ccccc2)C=CC(C)(Cl)C1C1=C(O)C2(CCOCC2)NC1=O. The molecule has 1 aliphatic carbocycles. The zero-order valence-corrected chi connectivity index (χ0v) is 16.3. The lowest BCUT2D eigenvalue weighted by molar-refractivity contribution is -0.119. The van der Waals surface area contributed by atoms with Gasteiger partial charge in [0, 0.05) is 32.0 Å². The van der Waals surface area contributed by atoms with Gasteiger partial charge in [-0.25, -0.2) is 0 Å². The predicted octanol–water partition coefficient (Wildman–Crippen LogP) is 4.13. The average Bonchev–Trinajstić information content (AvgIpc) is 2.87. The summed E-state index contributed by atoms with van der Waals surface area (Å²) < 4.78 is 5.43. The number of carbonyl (C=O) groups excluding carboxylic acids is 1. The molecule has 1 amide bonds. The number of hydrogen-bond acceptors (Lipinski definition) is 3. The lowest BCUT2D eigenvalue weighted by Gasteiger charge is -2.36. The zero-order chi connectivity index (χ0) is 19.2. The first-order valence-corrected chi connectivity index (χ1v) is 9.72. The van der Waals surface area contributed by atoms with Crippen LogP contribution in [0.1, 0.15) is 32.3 Å². The van der Waals surface area contributed by atoms with Crippen molar-refractivity contribution < 1.29 is 14.6 Å². The Kier molecular flexibility index (Phi) is 4.44. The molecule has 4 nitrogen and oxygen atoms in total. The Labute approximate surface area is 164 Å². The maximum atomic E-state index is 13.0. The van der Waals surface area contributed by atoms with E-state index < -0.39 is 16.3 Å². The fourth-order valence-electron chi connectivity index (χ4n) is 4.55. The number of aliphatic hydroxyl groups is 1. The quantitative estimate of drug-likeness (QED) is 0.752. The molecule has 2 unspecified atom stereocenters. The van der Waals surface area contributed by atoms with Gasteiger partial charge in [-0.3, -0.25) is 4.79 Å². The molecule has 2 atom stereocenters. The second kappa shape index (κ2) is 6.54. The van der Waals surface area contributed by atoms with Gasteiger partial charge in [0.25, 0.3) is 5.91 Å². The zero-order valence-electron chi connectivity index (χ0n) is 15.6. The topological polar surface area (TPSA) is 58.6 Å². The highest BCUT2D eigenvalue weighted by atomic mass is 35.5. The Bertz CT molecular complexity index is 861. The molecule has 27 heavy (non-hydrogen) atoms. The third-order valence-corrected chi connectivity index (χ3v) is 6.37. The molecule has 0 saturated carbocycles. The third kappa shape index (κ3) is 2.91. The van der Waals surface area contributed by atoms with Crippen molar-refractivity contribution in [2.45, 2.75) is 37.1 Å². The standard InChI is InChI=1S/C22H24ClNO3/c1-14-16(15-6-4-3-5-7-15)8-9-21(2,23)18(14)17-19(25)22(24-20(17)26)10-12-27-13-11-22/h3-9,18,25H,10-13H2,1-2H3,(H,24,26). The van der Waals surface area contributed by atoms with Crippen molar-refractivity contribution in [2.75, 3.05) is 13.2 Å². The van der Waals surface area contributed by atoms with Crippen LogP contribution in [0.3, 0.4) is 0 Å². The van der Waals surface area contributed by atoms with Gasteiger partial charge in [-0.1, -0.05) is 48.1 Å². The van der Waals surface area contributed by atoms with E-state index in [0.29, 0.717) is 31.6 Å². The second-order valence-corrected chi connectivity index (χ2v) is 8.61.